The van der Waals surface area contributed by atoms with Crippen molar-refractivity contribution in [1.29, 1.82) is 0 Å². The molecule has 0 spiro atoms. The summed E-state index contributed by atoms with van der Waals surface area (Å²) in [4.78, 5) is 0. The lowest BCUT2D eigenvalue weighted by Crippen LogP contribution is -1.98. The summed E-state index contributed by atoms with van der Waals surface area (Å²) < 4.78 is 12.0. The Morgan fingerprint density at radius 2 is 2.05 bits per heavy atom. The summed E-state index contributed by atoms with van der Waals surface area (Å²) in [7, 11) is 1.57. The van der Waals surface area contributed by atoms with Crippen LogP contribution in [-0.4, -0.2) is 18.5 Å². The van der Waals surface area contributed by atoms with Crippen LogP contribution in [0.5, 0.6) is 11.5 Å². The fourth-order valence-corrected chi connectivity index (χ4v) is 2.18. The van der Waals surface area contributed by atoms with Crippen LogP contribution in [0.1, 0.15) is 11.1 Å². The van der Waals surface area contributed by atoms with Crippen molar-refractivity contribution in [2.24, 2.45) is 5.16 Å². The van der Waals surface area contributed by atoms with Gasteiger partial charge in [0.25, 0.3) is 0 Å². The molecule has 1 N–H and O–H groups in total. The maximum atomic E-state index is 8.52. The van der Waals surface area contributed by atoms with Crippen LogP contribution < -0.4 is 9.47 Å². The summed E-state index contributed by atoms with van der Waals surface area (Å²) in [6.45, 7) is 0.448. The van der Waals surface area contributed by atoms with E-state index < -0.39 is 0 Å². The lowest BCUT2D eigenvalue weighted by molar-refractivity contribution is 0.284. The average Bonchev–Trinajstić information content (AvgIpc) is 2.46. The van der Waals surface area contributed by atoms with Gasteiger partial charge in [0.05, 0.1) is 13.3 Å². The number of oxime groups is 1. The van der Waals surface area contributed by atoms with E-state index in [-0.39, 0.29) is 0 Å². The van der Waals surface area contributed by atoms with Crippen LogP contribution >= 0.6 is 15.9 Å². The van der Waals surface area contributed by atoms with Gasteiger partial charge >= 0.3 is 0 Å². The molecule has 2 rings (SSSR count). The van der Waals surface area contributed by atoms with Gasteiger partial charge in [-0.2, -0.15) is 0 Å². The van der Waals surface area contributed by atoms with Crippen LogP contribution in [0.3, 0.4) is 0 Å². The largest absolute Gasteiger partial charge is 0.493 e. The summed E-state index contributed by atoms with van der Waals surface area (Å²) in [5.74, 6) is 1.24. The highest BCUT2D eigenvalue weighted by Crippen LogP contribution is 2.28. The fraction of sp³-hybridized carbons (Fsp3) is 0.133. The number of hydrogen-bond acceptors (Lipinski definition) is 4. The van der Waals surface area contributed by atoms with E-state index >= 15 is 0 Å². The Balaban J connectivity index is 2.13. The predicted molar refractivity (Wildman–Crippen MR) is 80.8 cm³/mol. The van der Waals surface area contributed by atoms with Crippen LogP contribution in [0.4, 0.5) is 0 Å². The molecule has 0 amide bonds. The van der Waals surface area contributed by atoms with Gasteiger partial charge in [-0.15, -0.1) is 0 Å². The molecule has 0 bridgehead atoms. The molecule has 0 saturated carbocycles. The molecule has 5 heteroatoms. The highest BCUT2D eigenvalue weighted by Gasteiger charge is 2.05. The van der Waals surface area contributed by atoms with Crippen molar-refractivity contribution in [3.05, 3.63) is 58.1 Å². The number of hydrogen-bond donors (Lipinski definition) is 1. The molecule has 0 fully saturated rings. The van der Waals surface area contributed by atoms with E-state index in [2.05, 4.69) is 21.1 Å². The number of methoxy groups -OCH3 is 1. The number of benzene rings is 2. The van der Waals surface area contributed by atoms with Gasteiger partial charge in [-0.25, -0.2) is 0 Å². The smallest absolute Gasteiger partial charge is 0.161 e. The van der Waals surface area contributed by atoms with Crippen LogP contribution in [-0.2, 0) is 6.61 Å². The van der Waals surface area contributed by atoms with Gasteiger partial charge in [0.2, 0.25) is 0 Å². The standard InChI is InChI=1S/C15H14BrNO3/c1-19-15-8-11(9-17-18)5-6-14(15)20-10-12-3-2-4-13(16)7-12/h2-9,18H,10H2,1H3/b17-9-. The predicted octanol–water partition coefficient (Wildman–Crippen LogP) is 3.84. The van der Waals surface area contributed by atoms with Gasteiger partial charge in [-0.3, -0.25) is 0 Å². The summed E-state index contributed by atoms with van der Waals surface area (Å²) >= 11 is 3.42. The molecule has 4 nitrogen and oxygen atoms in total. The lowest BCUT2D eigenvalue weighted by atomic mass is 10.2. The first-order valence-electron chi connectivity index (χ1n) is 5.95. The van der Waals surface area contributed by atoms with Crippen LogP contribution in [0.2, 0.25) is 0 Å². The van der Waals surface area contributed by atoms with Crippen molar-refractivity contribution < 1.29 is 14.7 Å². The monoisotopic (exact) mass is 335 g/mol. The van der Waals surface area contributed by atoms with Crippen molar-refractivity contribution in [3.63, 3.8) is 0 Å². The second kappa shape index (κ2) is 6.96. The summed E-state index contributed by atoms with van der Waals surface area (Å²) in [6, 6.07) is 13.2. The first-order valence-corrected chi connectivity index (χ1v) is 6.75. The van der Waals surface area contributed by atoms with Gasteiger partial charge in [-0.05, 0) is 35.9 Å². The third-order valence-electron chi connectivity index (χ3n) is 2.68. The molecule has 2 aromatic carbocycles. The van der Waals surface area contributed by atoms with Gasteiger partial charge < -0.3 is 14.7 Å². The maximum absolute atomic E-state index is 8.52. The molecular weight excluding hydrogens is 322 g/mol. The van der Waals surface area contributed by atoms with Gasteiger partial charge in [0.15, 0.2) is 11.5 Å². The van der Waals surface area contributed by atoms with E-state index in [4.69, 9.17) is 14.7 Å². The zero-order valence-corrected chi connectivity index (χ0v) is 12.5. The highest BCUT2D eigenvalue weighted by atomic mass is 79.9. The average molecular weight is 336 g/mol. The molecule has 20 heavy (non-hydrogen) atoms. The number of nitrogens with zero attached hydrogens (tertiary/aromatic N) is 1. The molecule has 0 unspecified atom stereocenters. The summed E-state index contributed by atoms with van der Waals surface area (Å²) in [5.41, 5.74) is 1.79. The molecule has 0 aliphatic heterocycles. The number of rotatable bonds is 5. The van der Waals surface area contributed by atoms with E-state index in [1.807, 2.05) is 24.3 Å². The maximum Gasteiger partial charge on any atom is 0.161 e. The summed E-state index contributed by atoms with van der Waals surface area (Å²) in [6.07, 6.45) is 1.33. The Kier molecular flexibility index (Phi) is 5.01. The first-order chi connectivity index (χ1) is 9.72. The van der Waals surface area contributed by atoms with E-state index in [1.54, 1.807) is 25.3 Å². The SMILES string of the molecule is COc1cc(/C=N\O)ccc1OCc1cccc(Br)c1. The minimum absolute atomic E-state index is 0.448. The third-order valence-corrected chi connectivity index (χ3v) is 3.17. The third kappa shape index (κ3) is 3.74. The Morgan fingerprint density at radius 1 is 1.20 bits per heavy atom. The second-order valence-electron chi connectivity index (χ2n) is 4.07. The minimum atomic E-state index is 0.448. The number of halogens is 1. The van der Waals surface area contributed by atoms with Crippen molar-refractivity contribution >= 4 is 22.1 Å². The van der Waals surface area contributed by atoms with Gasteiger partial charge in [0.1, 0.15) is 6.61 Å². The molecule has 0 heterocycles. The second-order valence-corrected chi connectivity index (χ2v) is 4.99. The number of ether oxygens (including phenoxy) is 2. The van der Waals surface area contributed by atoms with Crippen molar-refractivity contribution in [3.8, 4) is 11.5 Å². The van der Waals surface area contributed by atoms with E-state index in [1.165, 1.54) is 6.21 Å². The Bertz CT molecular complexity index is 614. The van der Waals surface area contributed by atoms with Crippen LogP contribution in [0, 0.1) is 0 Å². The minimum Gasteiger partial charge on any atom is -0.493 e. The lowest BCUT2D eigenvalue weighted by Gasteiger charge is -2.11. The Morgan fingerprint density at radius 3 is 2.75 bits per heavy atom. The Hall–Kier alpha value is -2.01. The van der Waals surface area contributed by atoms with Crippen molar-refractivity contribution in [2.45, 2.75) is 6.61 Å². The summed E-state index contributed by atoms with van der Waals surface area (Å²) in [5, 5.41) is 11.5. The van der Waals surface area contributed by atoms with Crippen molar-refractivity contribution in [1.82, 2.24) is 0 Å². The van der Waals surface area contributed by atoms with Crippen molar-refractivity contribution in [2.75, 3.05) is 7.11 Å². The normalized spacial score (nSPS) is 10.7. The molecular formula is C15H14BrNO3. The van der Waals surface area contributed by atoms with E-state index in [9.17, 15) is 0 Å². The van der Waals surface area contributed by atoms with E-state index in [0.29, 0.717) is 18.1 Å². The molecule has 0 aliphatic carbocycles. The quantitative estimate of drug-likeness (QED) is 0.513. The zero-order chi connectivity index (χ0) is 14.4. The molecule has 0 radical (unpaired) electrons. The molecule has 0 aromatic heterocycles. The van der Waals surface area contributed by atoms with Crippen LogP contribution in [0.25, 0.3) is 0 Å². The molecule has 0 aliphatic rings. The molecule has 0 saturated heterocycles. The fourth-order valence-electron chi connectivity index (χ4n) is 1.74. The van der Waals surface area contributed by atoms with E-state index in [0.717, 1.165) is 15.6 Å². The highest BCUT2D eigenvalue weighted by molar-refractivity contribution is 9.10. The van der Waals surface area contributed by atoms with Crippen LogP contribution in [0.15, 0.2) is 52.1 Å². The zero-order valence-electron chi connectivity index (χ0n) is 10.9. The molecule has 2 aromatic rings. The first kappa shape index (κ1) is 14.4. The topological polar surface area (TPSA) is 51.0 Å². The molecule has 0 atom stereocenters. The van der Waals surface area contributed by atoms with Gasteiger partial charge in [-0.1, -0.05) is 33.2 Å². The Labute approximate surface area is 125 Å². The molecule has 104 valence electrons. The van der Waals surface area contributed by atoms with Gasteiger partial charge in [0, 0.05) is 10.0 Å².